The number of benzene rings is 1. The molecule has 114 valence electrons. The lowest BCUT2D eigenvalue weighted by Crippen LogP contribution is -2.44. The van der Waals surface area contributed by atoms with E-state index in [0.717, 1.165) is 12.0 Å². The van der Waals surface area contributed by atoms with Gasteiger partial charge in [0.15, 0.2) is 0 Å². The number of amides is 1. The number of hydrogen-bond donors (Lipinski definition) is 3. The zero-order chi connectivity index (χ0) is 15.2. The molecule has 1 aromatic rings. The molecule has 0 bridgehead atoms. The molecule has 0 heterocycles. The van der Waals surface area contributed by atoms with Gasteiger partial charge in [-0.1, -0.05) is 30.3 Å². The third-order valence-electron chi connectivity index (χ3n) is 4.05. The average molecular weight is 290 g/mol. The minimum Gasteiger partial charge on any atom is -0.481 e. The van der Waals surface area contributed by atoms with Gasteiger partial charge in [-0.25, -0.2) is 0 Å². The maximum Gasteiger partial charge on any atom is 0.306 e. The van der Waals surface area contributed by atoms with Gasteiger partial charge in [0.05, 0.1) is 12.0 Å². The molecule has 0 unspecified atom stereocenters. The van der Waals surface area contributed by atoms with Crippen molar-refractivity contribution in [3.63, 3.8) is 0 Å². The number of nitrogens with one attached hydrogen (secondary N) is 1. The van der Waals surface area contributed by atoms with Gasteiger partial charge in [-0.05, 0) is 37.7 Å². The van der Waals surface area contributed by atoms with Crippen LogP contribution < -0.4 is 11.1 Å². The van der Waals surface area contributed by atoms with Crippen LogP contribution in [-0.4, -0.2) is 29.1 Å². The summed E-state index contributed by atoms with van der Waals surface area (Å²) in [4.78, 5) is 22.9. The predicted molar refractivity (Wildman–Crippen MR) is 79.6 cm³/mol. The third kappa shape index (κ3) is 4.56. The molecule has 1 aliphatic rings. The number of carboxylic acid groups (broad SMARTS) is 1. The number of carboxylic acids is 1. The van der Waals surface area contributed by atoms with Gasteiger partial charge < -0.3 is 16.2 Å². The van der Waals surface area contributed by atoms with Crippen LogP contribution in [0, 0.1) is 5.92 Å². The summed E-state index contributed by atoms with van der Waals surface area (Å²) in [5, 5.41) is 11.8. The van der Waals surface area contributed by atoms with Crippen molar-refractivity contribution in [2.45, 2.75) is 44.2 Å². The normalized spacial score (nSPS) is 22.7. The maximum absolute atomic E-state index is 12.0. The molecule has 0 saturated heterocycles. The summed E-state index contributed by atoms with van der Waals surface area (Å²) >= 11 is 0. The Morgan fingerprint density at radius 3 is 2.62 bits per heavy atom. The highest BCUT2D eigenvalue weighted by molar-refractivity contribution is 5.82. The Kier molecular flexibility index (Phi) is 5.33. The topological polar surface area (TPSA) is 92.4 Å². The molecule has 1 aromatic carbocycles. The van der Waals surface area contributed by atoms with Crippen molar-refractivity contribution < 1.29 is 14.7 Å². The first-order chi connectivity index (χ1) is 10.1. The van der Waals surface area contributed by atoms with E-state index in [0.29, 0.717) is 25.7 Å². The van der Waals surface area contributed by atoms with E-state index in [9.17, 15) is 9.59 Å². The first-order valence-corrected chi connectivity index (χ1v) is 7.39. The van der Waals surface area contributed by atoms with Gasteiger partial charge in [-0.3, -0.25) is 9.59 Å². The second-order valence-electron chi connectivity index (χ2n) is 5.68. The smallest absolute Gasteiger partial charge is 0.306 e. The highest BCUT2D eigenvalue weighted by Gasteiger charge is 2.31. The van der Waals surface area contributed by atoms with Crippen LogP contribution in [0.5, 0.6) is 0 Å². The molecule has 5 heteroatoms. The lowest BCUT2D eigenvalue weighted by molar-refractivity contribution is -0.141. The third-order valence-corrected chi connectivity index (χ3v) is 4.05. The van der Waals surface area contributed by atoms with Crippen molar-refractivity contribution >= 4 is 11.9 Å². The van der Waals surface area contributed by atoms with Gasteiger partial charge in [0.1, 0.15) is 0 Å². The molecule has 0 aliphatic heterocycles. The Hall–Kier alpha value is -1.88. The van der Waals surface area contributed by atoms with Crippen LogP contribution in [0.1, 0.15) is 31.2 Å². The number of carbonyl (C=O) groups is 2. The summed E-state index contributed by atoms with van der Waals surface area (Å²) in [6.07, 6.45) is 3.20. The number of nitrogens with two attached hydrogens (primary N) is 1. The quantitative estimate of drug-likeness (QED) is 0.736. The molecule has 0 spiro atoms. The molecule has 0 radical (unpaired) electrons. The number of aliphatic carboxylic acids is 1. The lowest BCUT2D eigenvalue weighted by atomic mass is 10.0. The van der Waals surface area contributed by atoms with Gasteiger partial charge in [-0.15, -0.1) is 0 Å². The zero-order valence-corrected chi connectivity index (χ0v) is 12.0. The van der Waals surface area contributed by atoms with Crippen LogP contribution in [0.4, 0.5) is 0 Å². The van der Waals surface area contributed by atoms with E-state index >= 15 is 0 Å². The Morgan fingerprint density at radius 2 is 2.00 bits per heavy atom. The SMILES string of the molecule is N[C@@H](CCc1ccccc1)C(=O)N[C@H]1CC[C@@H](C(=O)O)C1. The lowest BCUT2D eigenvalue weighted by Gasteiger charge is -2.16. The van der Waals surface area contributed by atoms with Crippen LogP contribution >= 0.6 is 0 Å². The van der Waals surface area contributed by atoms with Gasteiger partial charge in [0, 0.05) is 6.04 Å². The van der Waals surface area contributed by atoms with Gasteiger partial charge in [-0.2, -0.15) is 0 Å². The first-order valence-electron chi connectivity index (χ1n) is 7.39. The summed E-state index contributed by atoms with van der Waals surface area (Å²) in [7, 11) is 0. The maximum atomic E-state index is 12.0. The molecule has 0 aromatic heterocycles. The molecule has 1 fully saturated rings. The van der Waals surface area contributed by atoms with E-state index in [1.54, 1.807) is 0 Å². The fourth-order valence-electron chi connectivity index (χ4n) is 2.74. The monoisotopic (exact) mass is 290 g/mol. The Balaban J connectivity index is 1.74. The standard InChI is InChI=1S/C16H22N2O3/c17-14(9-6-11-4-2-1-3-5-11)15(19)18-13-8-7-12(10-13)16(20)21/h1-5,12-14H,6-10,17H2,(H,18,19)(H,20,21)/t12-,13+,14+/m1/s1. The molecular weight excluding hydrogens is 268 g/mol. The Labute approximate surface area is 124 Å². The molecule has 3 atom stereocenters. The van der Waals surface area contributed by atoms with Gasteiger partial charge in [0.2, 0.25) is 5.91 Å². The largest absolute Gasteiger partial charge is 0.481 e. The first kappa shape index (κ1) is 15.5. The zero-order valence-electron chi connectivity index (χ0n) is 12.0. The minimum atomic E-state index is -0.778. The summed E-state index contributed by atoms with van der Waals surface area (Å²) in [6, 6.07) is 9.31. The van der Waals surface area contributed by atoms with E-state index in [1.807, 2.05) is 30.3 Å². The second-order valence-corrected chi connectivity index (χ2v) is 5.68. The fourth-order valence-corrected chi connectivity index (χ4v) is 2.74. The second kappa shape index (κ2) is 7.22. The van der Waals surface area contributed by atoms with Crippen molar-refractivity contribution in [1.29, 1.82) is 0 Å². The summed E-state index contributed by atoms with van der Waals surface area (Å²) in [5.74, 6) is -1.29. The van der Waals surface area contributed by atoms with E-state index < -0.39 is 12.0 Å². The van der Waals surface area contributed by atoms with Crippen molar-refractivity contribution in [1.82, 2.24) is 5.32 Å². The highest BCUT2D eigenvalue weighted by Crippen LogP contribution is 2.25. The van der Waals surface area contributed by atoms with Crippen molar-refractivity contribution in [2.24, 2.45) is 11.7 Å². The van der Waals surface area contributed by atoms with Crippen molar-refractivity contribution in [3.8, 4) is 0 Å². The minimum absolute atomic E-state index is 0.0543. The van der Waals surface area contributed by atoms with Gasteiger partial charge in [0.25, 0.3) is 0 Å². The van der Waals surface area contributed by atoms with Crippen molar-refractivity contribution in [2.75, 3.05) is 0 Å². The number of carbonyl (C=O) groups excluding carboxylic acids is 1. The van der Waals surface area contributed by atoms with Crippen LogP contribution in [0.25, 0.3) is 0 Å². The van der Waals surface area contributed by atoms with E-state index in [1.165, 1.54) is 0 Å². The summed E-state index contributed by atoms with van der Waals surface area (Å²) < 4.78 is 0. The fraction of sp³-hybridized carbons (Fsp3) is 0.500. The molecule has 1 amide bonds. The molecule has 5 nitrogen and oxygen atoms in total. The van der Waals surface area contributed by atoms with E-state index in [-0.39, 0.29) is 17.9 Å². The number of aryl methyl sites for hydroxylation is 1. The molecular formula is C16H22N2O3. The number of rotatable bonds is 6. The molecule has 1 saturated carbocycles. The Morgan fingerprint density at radius 1 is 1.29 bits per heavy atom. The predicted octanol–water partition coefficient (Wildman–Crippen LogP) is 1.32. The highest BCUT2D eigenvalue weighted by atomic mass is 16.4. The molecule has 2 rings (SSSR count). The van der Waals surface area contributed by atoms with Crippen LogP contribution in [0.15, 0.2) is 30.3 Å². The van der Waals surface area contributed by atoms with E-state index in [2.05, 4.69) is 5.32 Å². The summed E-state index contributed by atoms with van der Waals surface area (Å²) in [6.45, 7) is 0. The summed E-state index contributed by atoms with van der Waals surface area (Å²) in [5.41, 5.74) is 7.07. The van der Waals surface area contributed by atoms with Crippen LogP contribution in [0.3, 0.4) is 0 Å². The van der Waals surface area contributed by atoms with Crippen LogP contribution in [-0.2, 0) is 16.0 Å². The van der Waals surface area contributed by atoms with Crippen molar-refractivity contribution in [3.05, 3.63) is 35.9 Å². The molecule has 1 aliphatic carbocycles. The number of hydrogen-bond acceptors (Lipinski definition) is 3. The van der Waals surface area contributed by atoms with Crippen LogP contribution in [0.2, 0.25) is 0 Å². The van der Waals surface area contributed by atoms with Gasteiger partial charge >= 0.3 is 5.97 Å². The van der Waals surface area contributed by atoms with E-state index in [4.69, 9.17) is 10.8 Å². The average Bonchev–Trinajstić information content (AvgIpc) is 2.94. The molecule has 21 heavy (non-hydrogen) atoms. The molecule has 4 N–H and O–H groups in total. The Bertz CT molecular complexity index is 490.